The van der Waals surface area contributed by atoms with E-state index in [1.165, 1.54) is 19.2 Å². The molecule has 2 N–H and O–H groups in total. The first-order chi connectivity index (χ1) is 11.8. The van der Waals surface area contributed by atoms with Crippen LogP contribution in [0.5, 0.6) is 5.75 Å². The molecule has 0 heterocycles. The van der Waals surface area contributed by atoms with Gasteiger partial charge >= 0.3 is 6.18 Å². The van der Waals surface area contributed by atoms with Gasteiger partial charge in [-0.25, -0.2) is 0 Å². The highest BCUT2D eigenvalue weighted by Crippen LogP contribution is 2.30. The van der Waals surface area contributed by atoms with E-state index in [2.05, 4.69) is 26.6 Å². The van der Waals surface area contributed by atoms with E-state index in [9.17, 15) is 18.0 Å². The summed E-state index contributed by atoms with van der Waals surface area (Å²) in [4.78, 5) is 11.9. The number of benzene rings is 2. The van der Waals surface area contributed by atoms with Crippen LogP contribution in [0.3, 0.4) is 0 Å². The van der Waals surface area contributed by atoms with Crippen molar-refractivity contribution in [2.75, 3.05) is 19.0 Å². The van der Waals surface area contributed by atoms with Crippen molar-refractivity contribution in [2.45, 2.75) is 12.7 Å². The molecule has 0 unspecified atom stereocenters. The zero-order valence-corrected chi connectivity index (χ0v) is 14.9. The number of rotatable bonds is 6. The number of carbonyl (C=O) groups is 1. The van der Waals surface area contributed by atoms with Crippen LogP contribution >= 0.6 is 15.9 Å². The van der Waals surface area contributed by atoms with Gasteiger partial charge in [-0.2, -0.15) is 13.2 Å². The summed E-state index contributed by atoms with van der Waals surface area (Å²) in [6.45, 7) is 0.101. The van der Waals surface area contributed by atoms with Crippen molar-refractivity contribution in [2.24, 2.45) is 0 Å². The normalized spacial score (nSPS) is 11.1. The van der Waals surface area contributed by atoms with Gasteiger partial charge in [0.1, 0.15) is 5.75 Å². The van der Waals surface area contributed by atoms with Crippen molar-refractivity contribution in [1.82, 2.24) is 5.32 Å². The fourth-order valence-corrected chi connectivity index (χ4v) is 2.54. The zero-order chi connectivity index (χ0) is 18.4. The van der Waals surface area contributed by atoms with Crippen molar-refractivity contribution in [1.29, 1.82) is 0 Å². The maximum Gasteiger partial charge on any atom is 0.416 e. The highest BCUT2D eigenvalue weighted by atomic mass is 79.9. The molecule has 2 aromatic rings. The minimum Gasteiger partial charge on any atom is -0.496 e. The van der Waals surface area contributed by atoms with Crippen LogP contribution in [0.2, 0.25) is 0 Å². The van der Waals surface area contributed by atoms with E-state index < -0.39 is 11.7 Å². The summed E-state index contributed by atoms with van der Waals surface area (Å²) in [6, 6.07) is 10.1. The molecule has 25 heavy (non-hydrogen) atoms. The van der Waals surface area contributed by atoms with Gasteiger partial charge in [0.15, 0.2) is 0 Å². The molecule has 8 heteroatoms. The third-order valence-corrected chi connectivity index (χ3v) is 3.85. The Labute approximate surface area is 151 Å². The van der Waals surface area contributed by atoms with Crippen LogP contribution in [0.15, 0.2) is 46.9 Å². The molecule has 1 amide bonds. The maximum absolute atomic E-state index is 12.7. The molecule has 0 spiro atoms. The van der Waals surface area contributed by atoms with Crippen molar-refractivity contribution in [3.05, 3.63) is 58.1 Å². The van der Waals surface area contributed by atoms with Crippen LogP contribution in [-0.2, 0) is 17.5 Å². The molecule has 2 rings (SSSR count). The first-order valence-corrected chi connectivity index (χ1v) is 8.09. The number of anilines is 1. The van der Waals surface area contributed by atoms with E-state index in [1.807, 2.05) is 12.1 Å². The van der Waals surface area contributed by atoms with Gasteiger partial charge in [-0.3, -0.25) is 4.79 Å². The quantitative estimate of drug-likeness (QED) is 0.741. The highest BCUT2D eigenvalue weighted by Gasteiger charge is 2.30. The number of alkyl halides is 3. The summed E-state index contributed by atoms with van der Waals surface area (Å²) in [7, 11) is 1.53. The fraction of sp³-hybridized carbons (Fsp3) is 0.235. The molecule has 0 radical (unpaired) electrons. The summed E-state index contributed by atoms with van der Waals surface area (Å²) in [5.41, 5.74) is 0.242. The molecule has 0 bridgehead atoms. The molecule has 0 aliphatic heterocycles. The predicted octanol–water partition coefficient (Wildman–Crippen LogP) is 4.20. The molecule has 0 atom stereocenters. The first-order valence-electron chi connectivity index (χ1n) is 7.30. The third kappa shape index (κ3) is 5.67. The molecule has 134 valence electrons. The molecular formula is C17H16BrF3N2O2. The van der Waals surface area contributed by atoms with Crippen LogP contribution in [-0.4, -0.2) is 19.6 Å². The molecule has 0 aliphatic carbocycles. The largest absolute Gasteiger partial charge is 0.496 e. The predicted molar refractivity (Wildman–Crippen MR) is 92.5 cm³/mol. The standard InChI is InChI=1S/C17H16BrF3N2O2/c1-25-15-6-5-13(18)7-11(15)9-23-16(24)10-22-14-4-2-3-12(8-14)17(19,20)21/h2-8,22H,9-10H2,1H3,(H,23,24). The Hall–Kier alpha value is -2.22. The van der Waals surface area contributed by atoms with E-state index in [4.69, 9.17) is 4.74 Å². The van der Waals surface area contributed by atoms with Gasteiger partial charge in [0, 0.05) is 22.3 Å². The number of hydrogen-bond donors (Lipinski definition) is 2. The van der Waals surface area contributed by atoms with Crippen LogP contribution in [0.1, 0.15) is 11.1 Å². The van der Waals surface area contributed by atoms with Gasteiger partial charge < -0.3 is 15.4 Å². The molecular weight excluding hydrogens is 401 g/mol. The Morgan fingerprint density at radius 2 is 1.96 bits per heavy atom. The average Bonchev–Trinajstić information content (AvgIpc) is 2.58. The molecule has 0 fully saturated rings. The molecule has 0 saturated carbocycles. The van der Waals surface area contributed by atoms with Gasteiger partial charge in [-0.15, -0.1) is 0 Å². The topological polar surface area (TPSA) is 50.4 Å². The second-order valence-corrected chi connectivity index (χ2v) is 6.08. The molecule has 0 saturated heterocycles. The Morgan fingerprint density at radius 3 is 2.64 bits per heavy atom. The van der Waals surface area contributed by atoms with Crippen molar-refractivity contribution >= 4 is 27.5 Å². The second kappa shape index (κ2) is 8.24. The van der Waals surface area contributed by atoms with E-state index in [1.54, 1.807) is 6.07 Å². The number of ether oxygens (including phenoxy) is 1. The zero-order valence-electron chi connectivity index (χ0n) is 13.3. The van der Waals surface area contributed by atoms with Crippen molar-refractivity contribution in [3.8, 4) is 5.75 Å². The smallest absolute Gasteiger partial charge is 0.416 e. The number of carbonyl (C=O) groups excluding carboxylic acids is 1. The highest BCUT2D eigenvalue weighted by molar-refractivity contribution is 9.10. The minimum atomic E-state index is -4.42. The van der Waals surface area contributed by atoms with Crippen molar-refractivity contribution < 1.29 is 22.7 Å². The van der Waals surface area contributed by atoms with E-state index in [0.29, 0.717) is 5.75 Å². The second-order valence-electron chi connectivity index (χ2n) is 5.17. The van der Waals surface area contributed by atoms with E-state index >= 15 is 0 Å². The van der Waals surface area contributed by atoms with Gasteiger partial charge in [-0.05, 0) is 36.4 Å². The monoisotopic (exact) mass is 416 g/mol. The average molecular weight is 417 g/mol. The summed E-state index contributed by atoms with van der Waals surface area (Å²) < 4.78 is 44.0. The Kier molecular flexibility index (Phi) is 6.30. The minimum absolute atomic E-state index is 0.141. The SMILES string of the molecule is COc1ccc(Br)cc1CNC(=O)CNc1cccc(C(F)(F)F)c1. The van der Waals surface area contributed by atoms with Crippen LogP contribution in [0.25, 0.3) is 0 Å². The van der Waals surface area contributed by atoms with E-state index in [-0.39, 0.29) is 24.7 Å². The lowest BCUT2D eigenvalue weighted by Crippen LogP contribution is -2.29. The van der Waals surface area contributed by atoms with Gasteiger partial charge in [0.25, 0.3) is 0 Å². The summed E-state index contributed by atoms with van der Waals surface area (Å²) in [6.07, 6.45) is -4.42. The van der Waals surface area contributed by atoms with Crippen LogP contribution in [0, 0.1) is 0 Å². The number of methoxy groups -OCH3 is 1. The number of amides is 1. The molecule has 2 aromatic carbocycles. The Bertz CT molecular complexity index is 751. The lowest BCUT2D eigenvalue weighted by molar-refractivity contribution is -0.137. The van der Waals surface area contributed by atoms with E-state index in [0.717, 1.165) is 22.2 Å². The molecule has 4 nitrogen and oxygen atoms in total. The van der Waals surface area contributed by atoms with Crippen LogP contribution in [0.4, 0.5) is 18.9 Å². The number of halogens is 4. The van der Waals surface area contributed by atoms with Gasteiger partial charge in [0.2, 0.25) is 5.91 Å². The van der Waals surface area contributed by atoms with Gasteiger partial charge in [-0.1, -0.05) is 22.0 Å². The fourth-order valence-electron chi connectivity index (χ4n) is 2.13. The lowest BCUT2D eigenvalue weighted by atomic mass is 10.2. The van der Waals surface area contributed by atoms with Crippen LogP contribution < -0.4 is 15.4 Å². The first kappa shape index (κ1) is 19.1. The molecule has 0 aromatic heterocycles. The summed E-state index contributed by atoms with van der Waals surface area (Å²) in [5.74, 6) is 0.286. The van der Waals surface area contributed by atoms with Gasteiger partial charge in [0.05, 0.1) is 19.2 Å². The lowest BCUT2D eigenvalue weighted by Gasteiger charge is -2.12. The Balaban J connectivity index is 1.90. The third-order valence-electron chi connectivity index (χ3n) is 3.36. The maximum atomic E-state index is 12.7. The molecule has 0 aliphatic rings. The summed E-state index contributed by atoms with van der Waals surface area (Å²) >= 11 is 3.34. The number of hydrogen-bond acceptors (Lipinski definition) is 3. The summed E-state index contributed by atoms with van der Waals surface area (Å²) in [5, 5.41) is 5.37. The van der Waals surface area contributed by atoms with Crippen molar-refractivity contribution in [3.63, 3.8) is 0 Å². The Morgan fingerprint density at radius 1 is 1.20 bits per heavy atom. The number of nitrogens with one attached hydrogen (secondary N) is 2.